The number of methoxy groups -OCH3 is 1. The van der Waals surface area contributed by atoms with E-state index in [0.717, 1.165) is 25.5 Å². The summed E-state index contributed by atoms with van der Waals surface area (Å²) < 4.78 is 30.3. The Morgan fingerprint density at radius 3 is 2.71 bits per heavy atom. The Hall–Kier alpha value is -2.22. The first-order chi connectivity index (χ1) is 11.4. The van der Waals surface area contributed by atoms with Crippen molar-refractivity contribution in [2.24, 2.45) is 0 Å². The van der Waals surface area contributed by atoms with Gasteiger partial charge in [-0.2, -0.15) is 0 Å². The lowest BCUT2D eigenvalue weighted by atomic mass is 10.00. The summed E-state index contributed by atoms with van der Waals surface area (Å²) in [6.07, 6.45) is 7.68. The van der Waals surface area contributed by atoms with Crippen LogP contribution in [0.1, 0.15) is 25.7 Å². The summed E-state index contributed by atoms with van der Waals surface area (Å²) in [6, 6.07) is 4.41. The van der Waals surface area contributed by atoms with Crippen LogP contribution in [0.25, 0.3) is 0 Å². The molecule has 3 N–H and O–H groups in total. The Bertz CT molecular complexity index is 729. The van der Waals surface area contributed by atoms with Gasteiger partial charge in [0, 0.05) is 12.2 Å². The molecule has 1 aliphatic rings. The highest BCUT2D eigenvalue weighted by atomic mass is 32.2. The Kier molecular flexibility index (Phi) is 6.08. The summed E-state index contributed by atoms with van der Waals surface area (Å²) in [6.45, 7) is 0.524. The molecule has 0 unspecified atom stereocenters. The minimum absolute atomic E-state index is 0.271. The molecular formula is C16H23N3O4S. The number of allylic oxidation sites excluding steroid dienone is 1. The number of amides is 2. The molecule has 2 amide bonds. The van der Waals surface area contributed by atoms with Crippen molar-refractivity contribution in [3.63, 3.8) is 0 Å². The predicted octanol–water partition coefficient (Wildman–Crippen LogP) is 2.69. The SMILES string of the molecule is COc1ccc(NC(=O)NCC2=CCCCC2)cc1NS(C)(=O)=O. The smallest absolute Gasteiger partial charge is 0.319 e. The van der Waals surface area contributed by atoms with Crippen molar-refractivity contribution in [2.75, 3.05) is 29.9 Å². The van der Waals surface area contributed by atoms with Gasteiger partial charge in [-0.3, -0.25) is 4.72 Å². The molecule has 1 aliphatic carbocycles. The van der Waals surface area contributed by atoms with E-state index in [2.05, 4.69) is 21.4 Å². The van der Waals surface area contributed by atoms with Crippen LogP contribution in [0, 0.1) is 0 Å². The molecule has 1 aromatic carbocycles. The lowest BCUT2D eigenvalue weighted by Crippen LogP contribution is -2.30. The molecule has 0 atom stereocenters. The zero-order valence-electron chi connectivity index (χ0n) is 13.9. The van der Waals surface area contributed by atoms with Gasteiger partial charge >= 0.3 is 6.03 Å². The van der Waals surface area contributed by atoms with Crippen LogP contribution in [-0.2, 0) is 10.0 Å². The third-order valence-corrected chi connectivity index (χ3v) is 4.20. The van der Waals surface area contributed by atoms with E-state index < -0.39 is 10.0 Å². The van der Waals surface area contributed by atoms with E-state index in [1.807, 2.05) is 0 Å². The first-order valence-electron chi connectivity index (χ1n) is 7.76. The van der Waals surface area contributed by atoms with Gasteiger partial charge in [0.25, 0.3) is 0 Å². The van der Waals surface area contributed by atoms with Gasteiger partial charge in [0.05, 0.1) is 19.1 Å². The van der Waals surface area contributed by atoms with Crippen molar-refractivity contribution in [1.29, 1.82) is 0 Å². The maximum Gasteiger partial charge on any atom is 0.319 e. The number of ether oxygens (including phenoxy) is 1. The van der Waals surface area contributed by atoms with Crippen molar-refractivity contribution in [3.8, 4) is 5.75 Å². The molecule has 2 rings (SSSR count). The molecule has 7 nitrogen and oxygen atoms in total. The predicted molar refractivity (Wildman–Crippen MR) is 95.0 cm³/mol. The van der Waals surface area contributed by atoms with Gasteiger partial charge in [-0.15, -0.1) is 0 Å². The van der Waals surface area contributed by atoms with Crippen LogP contribution in [0.3, 0.4) is 0 Å². The average molecular weight is 353 g/mol. The fourth-order valence-electron chi connectivity index (χ4n) is 2.50. The zero-order valence-corrected chi connectivity index (χ0v) is 14.7. The molecule has 0 saturated carbocycles. The number of nitrogens with one attached hydrogen (secondary N) is 3. The first-order valence-corrected chi connectivity index (χ1v) is 9.65. The van der Waals surface area contributed by atoms with Crippen LogP contribution >= 0.6 is 0 Å². The molecule has 0 spiro atoms. The second-order valence-corrected chi connectivity index (χ2v) is 7.45. The molecule has 0 aromatic heterocycles. The number of urea groups is 1. The Morgan fingerprint density at radius 1 is 1.29 bits per heavy atom. The third kappa shape index (κ3) is 5.77. The molecule has 0 bridgehead atoms. The van der Waals surface area contributed by atoms with Gasteiger partial charge in [0.1, 0.15) is 5.75 Å². The number of hydrogen-bond acceptors (Lipinski definition) is 4. The lowest BCUT2D eigenvalue weighted by Gasteiger charge is -2.15. The van der Waals surface area contributed by atoms with Crippen molar-refractivity contribution in [3.05, 3.63) is 29.8 Å². The van der Waals surface area contributed by atoms with Crippen molar-refractivity contribution < 1.29 is 17.9 Å². The van der Waals surface area contributed by atoms with Gasteiger partial charge in [-0.05, 0) is 43.9 Å². The minimum Gasteiger partial charge on any atom is -0.495 e. The lowest BCUT2D eigenvalue weighted by molar-refractivity contribution is 0.252. The number of sulfonamides is 1. The fourth-order valence-corrected chi connectivity index (χ4v) is 3.06. The molecule has 24 heavy (non-hydrogen) atoms. The van der Waals surface area contributed by atoms with Crippen LogP contribution in [0.2, 0.25) is 0 Å². The van der Waals surface area contributed by atoms with Gasteiger partial charge in [-0.25, -0.2) is 13.2 Å². The van der Waals surface area contributed by atoms with E-state index in [4.69, 9.17) is 4.74 Å². The first kappa shape index (κ1) is 18.1. The molecule has 0 aliphatic heterocycles. The molecule has 8 heteroatoms. The van der Waals surface area contributed by atoms with Crippen LogP contribution in [0.4, 0.5) is 16.2 Å². The van der Waals surface area contributed by atoms with Crippen molar-refractivity contribution in [2.45, 2.75) is 25.7 Å². The number of carbonyl (C=O) groups excluding carboxylic acids is 1. The van der Waals surface area contributed by atoms with Crippen LogP contribution < -0.4 is 20.1 Å². The highest BCUT2D eigenvalue weighted by Gasteiger charge is 2.11. The summed E-state index contributed by atoms with van der Waals surface area (Å²) >= 11 is 0. The second-order valence-electron chi connectivity index (χ2n) is 5.71. The summed E-state index contributed by atoms with van der Waals surface area (Å²) in [4.78, 5) is 12.0. The Labute approximate surface area is 142 Å². The quantitative estimate of drug-likeness (QED) is 0.685. The molecule has 132 valence electrons. The average Bonchev–Trinajstić information content (AvgIpc) is 2.53. The van der Waals surface area contributed by atoms with Crippen LogP contribution in [0.5, 0.6) is 5.75 Å². The third-order valence-electron chi connectivity index (χ3n) is 3.61. The number of rotatable bonds is 6. The molecule has 0 radical (unpaired) electrons. The normalized spacial score (nSPS) is 14.5. The number of anilines is 2. The largest absolute Gasteiger partial charge is 0.495 e. The fraction of sp³-hybridized carbons (Fsp3) is 0.438. The van der Waals surface area contributed by atoms with Crippen molar-refractivity contribution >= 4 is 27.4 Å². The topological polar surface area (TPSA) is 96.5 Å². The van der Waals surface area contributed by atoms with Gasteiger partial charge in [-0.1, -0.05) is 11.6 Å². The van der Waals surface area contributed by atoms with E-state index in [-0.39, 0.29) is 11.7 Å². The maximum absolute atomic E-state index is 12.0. The monoisotopic (exact) mass is 353 g/mol. The maximum atomic E-state index is 12.0. The molecule has 0 saturated heterocycles. The van der Waals surface area contributed by atoms with Gasteiger partial charge in [0.15, 0.2) is 0 Å². The Balaban J connectivity index is 1.99. The molecule has 0 heterocycles. The standard InChI is InChI=1S/C16H23N3O4S/c1-23-15-9-8-13(10-14(15)19-24(2,21)22)18-16(20)17-11-12-6-4-3-5-7-12/h6,8-10,19H,3-5,7,11H2,1-2H3,(H2,17,18,20). The number of carbonyl (C=O) groups is 1. The number of benzene rings is 1. The second kappa shape index (κ2) is 8.05. The van der Waals surface area contributed by atoms with E-state index in [1.165, 1.54) is 25.2 Å². The highest BCUT2D eigenvalue weighted by molar-refractivity contribution is 7.92. The Morgan fingerprint density at radius 2 is 2.08 bits per heavy atom. The van der Waals surface area contributed by atoms with E-state index in [9.17, 15) is 13.2 Å². The molecular weight excluding hydrogens is 330 g/mol. The van der Waals surface area contributed by atoms with Crippen molar-refractivity contribution in [1.82, 2.24) is 5.32 Å². The van der Waals surface area contributed by atoms with E-state index in [0.29, 0.717) is 18.0 Å². The molecule has 0 fully saturated rings. The highest BCUT2D eigenvalue weighted by Crippen LogP contribution is 2.28. The van der Waals surface area contributed by atoms with Crippen LogP contribution in [-0.4, -0.2) is 34.4 Å². The molecule has 1 aromatic rings. The van der Waals surface area contributed by atoms with Gasteiger partial charge in [0.2, 0.25) is 10.0 Å². The zero-order chi connectivity index (χ0) is 17.6. The van der Waals surface area contributed by atoms with E-state index >= 15 is 0 Å². The van der Waals surface area contributed by atoms with Crippen LogP contribution in [0.15, 0.2) is 29.8 Å². The summed E-state index contributed by atoms with van der Waals surface area (Å²) in [5, 5.41) is 5.50. The van der Waals surface area contributed by atoms with Gasteiger partial charge < -0.3 is 15.4 Å². The summed E-state index contributed by atoms with van der Waals surface area (Å²) in [5.74, 6) is 0.374. The van der Waals surface area contributed by atoms with E-state index in [1.54, 1.807) is 12.1 Å². The minimum atomic E-state index is -3.45. The summed E-state index contributed by atoms with van der Waals surface area (Å²) in [7, 11) is -2.00. The number of hydrogen-bond donors (Lipinski definition) is 3. The summed E-state index contributed by atoms with van der Waals surface area (Å²) in [5.41, 5.74) is 1.98.